The summed E-state index contributed by atoms with van der Waals surface area (Å²) < 4.78 is 46.9. The number of aromatic nitrogens is 1. The second-order valence-electron chi connectivity index (χ2n) is 3.32. The van der Waals surface area contributed by atoms with Crippen LogP contribution in [-0.4, -0.2) is 31.0 Å². The number of nitriles is 1. The van der Waals surface area contributed by atoms with Crippen molar-refractivity contribution in [2.24, 2.45) is 0 Å². The van der Waals surface area contributed by atoms with Crippen LogP contribution in [0, 0.1) is 11.3 Å². The van der Waals surface area contributed by atoms with Crippen LogP contribution in [0.25, 0.3) is 0 Å². The molecule has 5 nitrogen and oxygen atoms in total. The van der Waals surface area contributed by atoms with Crippen LogP contribution in [0.1, 0.15) is 5.56 Å². The number of hydrogen-bond acceptors (Lipinski definition) is 5. The fourth-order valence-electron chi connectivity index (χ4n) is 1.13. The van der Waals surface area contributed by atoms with Gasteiger partial charge in [-0.05, 0) is 0 Å². The third kappa shape index (κ3) is 3.49. The smallest absolute Gasteiger partial charge is 0.427 e. The number of pyridine rings is 1. The summed E-state index contributed by atoms with van der Waals surface area (Å²) in [7, 11) is 1.12. The van der Waals surface area contributed by atoms with Crippen molar-refractivity contribution in [2.75, 3.05) is 19.5 Å². The molecule has 0 fully saturated rings. The molecule has 0 radical (unpaired) electrons. The molecule has 0 saturated carbocycles. The summed E-state index contributed by atoms with van der Waals surface area (Å²) in [5, 5.41) is 8.73. The number of methoxy groups -OCH3 is 1. The number of alkyl halides is 3. The first-order valence-corrected chi connectivity index (χ1v) is 4.76. The number of halogens is 3. The van der Waals surface area contributed by atoms with Crippen LogP contribution in [0.4, 0.5) is 19.0 Å². The van der Waals surface area contributed by atoms with Crippen molar-refractivity contribution >= 4 is 5.82 Å². The first-order chi connectivity index (χ1) is 8.38. The van der Waals surface area contributed by atoms with Gasteiger partial charge in [-0.2, -0.15) is 18.4 Å². The van der Waals surface area contributed by atoms with E-state index in [1.165, 1.54) is 0 Å². The van der Waals surface area contributed by atoms with Crippen LogP contribution >= 0.6 is 0 Å². The van der Waals surface area contributed by atoms with E-state index in [0.717, 1.165) is 19.4 Å². The second kappa shape index (κ2) is 5.55. The van der Waals surface area contributed by atoms with E-state index >= 15 is 0 Å². The highest BCUT2D eigenvalue weighted by atomic mass is 19.4. The van der Waals surface area contributed by atoms with Crippen molar-refractivity contribution in [3.8, 4) is 11.8 Å². The van der Waals surface area contributed by atoms with Crippen LogP contribution in [0.3, 0.4) is 0 Å². The Morgan fingerprint density at radius 3 is 2.72 bits per heavy atom. The van der Waals surface area contributed by atoms with Gasteiger partial charge in [0.25, 0.3) is 0 Å². The molecular formula is C10H10F3N3O2. The largest absolute Gasteiger partial charge is 0.477 e. The molecule has 0 bridgehead atoms. The SMILES string of the molecule is COCC(Oc1cc(N)ncc1C#N)C(F)(F)F. The minimum absolute atomic E-state index is 0.0395. The number of rotatable bonds is 4. The zero-order valence-electron chi connectivity index (χ0n) is 9.36. The highest BCUT2D eigenvalue weighted by molar-refractivity contribution is 5.47. The predicted octanol–water partition coefficient (Wildman–Crippen LogP) is 1.49. The molecule has 0 aromatic carbocycles. The van der Waals surface area contributed by atoms with Gasteiger partial charge in [0.1, 0.15) is 23.2 Å². The Balaban J connectivity index is 3.00. The van der Waals surface area contributed by atoms with Crippen molar-refractivity contribution in [3.05, 3.63) is 17.8 Å². The lowest BCUT2D eigenvalue weighted by atomic mass is 10.2. The number of nitrogens with zero attached hydrogens (tertiary/aromatic N) is 2. The Labute approximate surface area is 101 Å². The lowest BCUT2D eigenvalue weighted by molar-refractivity contribution is -0.206. The van der Waals surface area contributed by atoms with E-state index in [0.29, 0.717) is 0 Å². The van der Waals surface area contributed by atoms with Crippen molar-refractivity contribution in [2.45, 2.75) is 12.3 Å². The predicted molar refractivity (Wildman–Crippen MR) is 55.7 cm³/mol. The maximum atomic E-state index is 12.6. The Morgan fingerprint density at radius 1 is 1.56 bits per heavy atom. The summed E-state index contributed by atoms with van der Waals surface area (Å²) in [5.41, 5.74) is 5.20. The van der Waals surface area contributed by atoms with E-state index in [9.17, 15) is 13.2 Å². The first-order valence-electron chi connectivity index (χ1n) is 4.76. The van der Waals surface area contributed by atoms with E-state index in [4.69, 9.17) is 15.7 Å². The summed E-state index contributed by atoms with van der Waals surface area (Å²) in [4.78, 5) is 3.59. The minimum atomic E-state index is -4.61. The maximum absolute atomic E-state index is 12.6. The van der Waals surface area contributed by atoms with E-state index in [1.54, 1.807) is 6.07 Å². The average molecular weight is 261 g/mol. The van der Waals surface area contributed by atoms with Crippen molar-refractivity contribution in [3.63, 3.8) is 0 Å². The molecular weight excluding hydrogens is 251 g/mol. The van der Waals surface area contributed by atoms with Gasteiger partial charge in [0.05, 0.1) is 12.8 Å². The quantitative estimate of drug-likeness (QED) is 0.888. The second-order valence-corrected chi connectivity index (χ2v) is 3.32. The van der Waals surface area contributed by atoms with Crippen LogP contribution in [0.2, 0.25) is 0 Å². The summed E-state index contributed by atoms with van der Waals surface area (Å²) in [5.74, 6) is -0.313. The molecule has 1 aromatic rings. The van der Waals surface area contributed by atoms with Gasteiger partial charge < -0.3 is 15.2 Å². The molecule has 1 unspecified atom stereocenters. The van der Waals surface area contributed by atoms with Crippen LogP contribution in [-0.2, 0) is 4.74 Å². The van der Waals surface area contributed by atoms with Gasteiger partial charge in [-0.3, -0.25) is 0 Å². The van der Waals surface area contributed by atoms with Crippen LogP contribution < -0.4 is 10.5 Å². The normalized spacial score (nSPS) is 12.8. The molecule has 0 aliphatic heterocycles. The average Bonchev–Trinajstić information content (AvgIpc) is 2.27. The van der Waals surface area contributed by atoms with Gasteiger partial charge in [-0.25, -0.2) is 4.98 Å². The molecule has 0 aliphatic rings. The number of hydrogen-bond donors (Lipinski definition) is 1. The highest BCUT2D eigenvalue weighted by Gasteiger charge is 2.42. The van der Waals surface area contributed by atoms with Gasteiger partial charge in [0.15, 0.2) is 0 Å². The van der Waals surface area contributed by atoms with Gasteiger partial charge in [0, 0.05) is 13.2 Å². The molecule has 0 amide bonds. The molecule has 1 atom stereocenters. The summed E-state index contributed by atoms with van der Waals surface area (Å²) in [6, 6.07) is 2.73. The Bertz CT molecular complexity index is 457. The van der Waals surface area contributed by atoms with Gasteiger partial charge in [0.2, 0.25) is 6.10 Å². The molecule has 18 heavy (non-hydrogen) atoms. The first kappa shape index (κ1) is 14.1. The van der Waals surface area contributed by atoms with E-state index in [1.807, 2.05) is 0 Å². The zero-order chi connectivity index (χ0) is 13.8. The van der Waals surface area contributed by atoms with Crippen LogP contribution in [0.15, 0.2) is 12.3 Å². The van der Waals surface area contributed by atoms with Crippen molar-refractivity contribution in [1.82, 2.24) is 4.98 Å². The van der Waals surface area contributed by atoms with Crippen LogP contribution in [0.5, 0.6) is 5.75 Å². The van der Waals surface area contributed by atoms with Gasteiger partial charge >= 0.3 is 6.18 Å². The van der Waals surface area contributed by atoms with E-state index in [2.05, 4.69) is 9.72 Å². The monoisotopic (exact) mass is 261 g/mol. The Kier molecular flexibility index (Phi) is 4.33. The molecule has 2 N–H and O–H groups in total. The fourth-order valence-corrected chi connectivity index (χ4v) is 1.13. The summed E-state index contributed by atoms with van der Waals surface area (Å²) in [6.07, 6.45) is -5.73. The molecule has 8 heteroatoms. The zero-order valence-corrected chi connectivity index (χ0v) is 9.36. The maximum Gasteiger partial charge on any atom is 0.427 e. The number of anilines is 1. The highest BCUT2D eigenvalue weighted by Crippen LogP contribution is 2.28. The van der Waals surface area contributed by atoms with Gasteiger partial charge in [-0.1, -0.05) is 0 Å². The minimum Gasteiger partial charge on any atom is -0.477 e. The third-order valence-corrected chi connectivity index (χ3v) is 1.96. The van der Waals surface area contributed by atoms with Gasteiger partial charge in [-0.15, -0.1) is 0 Å². The third-order valence-electron chi connectivity index (χ3n) is 1.96. The summed E-state index contributed by atoms with van der Waals surface area (Å²) in [6.45, 7) is -0.684. The van der Waals surface area contributed by atoms with E-state index < -0.39 is 18.9 Å². The van der Waals surface area contributed by atoms with Crippen molar-refractivity contribution < 1.29 is 22.6 Å². The fraction of sp³-hybridized carbons (Fsp3) is 0.400. The number of nitrogen functional groups attached to an aromatic ring is 1. The number of nitrogens with two attached hydrogens (primary N) is 1. The molecule has 0 aliphatic carbocycles. The Hall–Kier alpha value is -2.01. The molecule has 0 saturated heterocycles. The standard InChI is InChI=1S/C10H10F3N3O2/c1-17-5-8(10(11,12)13)18-7-2-9(15)16-4-6(7)3-14/h2,4,8H,5H2,1H3,(H2,15,16). The molecule has 1 rings (SSSR count). The van der Waals surface area contributed by atoms with E-state index in [-0.39, 0.29) is 17.1 Å². The molecule has 0 spiro atoms. The lowest BCUT2D eigenvalue weighted by Crippen LogP contribution is -2.38. The molecule has 98 valence electrons. The lowest BCUT2D eigenvalue weighted by Gasteiger charge is -2.21. The van der Waals surface area contributed by atoms with Crippen molar-refractivity contribution in [1.29, 1.82) is 5.26 Å². The molecule has 1 aromatic heterocycles. The molecule has 1 heterocycles. The topological polar surface area (TPSA) is 81.2 Å². The Morgan fingerprint density at radius 2 is 2.22 bits per heavy atom. The summed E-state index contributed by atoms with van der Waals surface area (Å²) >= 11 is 0. The number of ether oxygens (including phenoxy) is 2.